The van der Waals surface area contributed by atoms with E-state index in [2.05, 4.69) is 27.8 Å². The first kappa shape index (κ1) is 20.0. The SMILES string of the molecule is C=CCOc1cc(Br)c(/C=C2/NC(=O)N(c3cccc(Cl)c3)C2=O)cc1OC. The third-order valence-corrected chi connectivity index (χ3v) is 4.81. The van der Waals surface area contributed by atoms with Crippen LogP contribution in [0.4, 0.5) is 10.5 Å². The average molecular weight is 464 g/mol. The molecular formula is C20H16BrClN2O4. The Hall–Kier alpha value is -2.77. The minimum absolute atomic E-state index is 0.132. The lowest BCUT2D eigenvalue weighted by Gasteiger charge is -2.12. The van der Waals surface area contributed by atoms with Crippen LogP contribution in [-0.2, 0) is 4.79 Å². The summed E-state index contributed by atoms with van der Waals surface area (Å²) < 4.78 is 11.6. The highest BCUT2D eigenvalue weighted by Crippen LogP contribution is 2.35. The molecule has 28 heavy (non-hydrogen) atoms. The smallest absolute Gasteiger partial charge is 0.333 e. The Balaban J connectivity index is 1.94. The standard InChI is InChI=1S/C20H16BrClN2O4/c1-3-7-28-18-11-15(21)12(9-17(18)27-2)8-16-19(25)24(20(26)23-16)14-6-4-5-13(22)10-14/h3-6,8-11H,1,7H2,2H3,(H,23,26)/b16-8+. The largest absolute Gasteiger partial charge is 0.493 e. The topological polar surface area (TPSA) is 67.9 Å². The van der Waals surface area contributed by atoms with Gasteiger partial charge in [-0.25, -0.2) is 9.69 Å². The van der Waals surface area contributed by atoms with E-state index in [-0.39, 0.29) is 5.70 Å². The number of nitrogens with zero attached hydrogens (tertiary/aromatic N) is 1. The number of amides is 3. The van der Waals surface area contributed by atoms with Gasteiger partial charge >= 0.3 is 6.03 Å². The molecule has 3 amide bonds. The Labute approximate surface area is 175 Å². The Morgan fingerprint density at radius 2 is 2.04 bits per heavy atom. The maximum absolute atomic E-state index is 12.8. The van der Waals surface area contributed by atoms with Gasteiger partial charge in [0.1, 0.15) is 12.3 Å². The first-order valence-electron chi connectivity index (χ1n) is 8.18. The predicted molar refractivity (Wildman–Crippen MR) is 112 cm³/mol. The van der Waals surface area contributed by atoms with Crippen LogP contribution in [0.1, 0.15) is 5.56 Å². The monoisotopic (exact) mass is 462 g/mol. The van der Waals surface area contributed by atoms with Gasteiger partial charge < -0.3 is 14.8 Å². The van der Waals surface area contributed by atoms with Crippen molar-refractivity contribution in [3.63, 3.8) is 0 Å². The Bertz CT molecular complexity index is 990. The molecule has 1 fully saturated rings. The molecule has 1 saturated heterocycles. The van der Waals surface area contributed by atoms with Gasteiger partial charge in [-0.1, -0.05) is 46.3 Å². The van der Waals surface area contributed by atoms with Crippen LogP contribution in [0.3, 0.4) is 0 Å². The molecule has 3 rings (SSSR count). The normalized spacial score (nSPS) is 15.0. The zero-order valence-electron chi connectivity index (χ0n) is 14.9. The number of hydrogen-bond acceptors (Lipinski definition) is 4. The van der Waals surface area contributed by atoms with Crippen LogP contribution in [-0.4, -0.2) is 25.7 Å². The van der Waals surface area contributed by atoms with Crippen molar-refractivity contribution in [1.29, 1.82) is 0 Å². The lowest BCUT2D eigenvalue weighted by molar-refractivity contribution is -0.113. The summed E-state index contributed by atoms with van der Waals surface area (Å²) in [7, 11) is 1.52. The number of benzene rings is 2. The maximum atomic E-state index is 12.8. The molecule has 0 radical (unpaired) electrons. The van der Waals surface area contributed by atoms with Gasteiger partial charge in [-0.2, -0.15) is 0 Å². The molecule has 8 heteroatoms. The van der Waals surface area contributed by atoms with E-state index in [0.717, 1.165) is 4.90 Å². The summed E-state index contributed by atoms with van der Waals surface area (Å²) in [5, 5.41) is 3.01. The molecule has 0 bridgehead atoms. The van der Waals surface area contributed by atoms with Gasteiger partial charge in [0.15, 0.2) is 11.5 Å². The second-order valence-corrected chi connectivity index (χ2v) is 7.02. The quantitative estimate of drug-likeness (QED) is 0.380. The molecule has 0 unspecified atom stereocenters. The molecule has 1 N–H and O–H groups in total. The van der Waals surface area contributed by atoms with Crippen LogP contribution in [0.15, 0.2) is 59.2 Å². The van der Waals surface area contributed by atoms with Crippen LogP contribution in [0, 0.1) is 0 Å². The predicted octanol–water partition coefficient (Wildman–Crippen LogP) is 4.77. The molecule has 2 aromatic carbocycles. The number of urea groups is 1. The number of carbonyl (C=O) groups excluding carboxylic acids is 2. The summed E-state index contributed by atoms with van der Waals surface area (Å²) in [4.78, 5) is 26.1. The van der Waals surface area contributed by atoms with Gasteiger partial charge in [0.25, 0.3) is 5.91 Å². The summed E-state index contributed by atoms with van der Waals surface area (Å²) in [5.41, 5.74) is 1.16. The number of halogens is 2. The van der Waals surface area contributed by atoms with E-state index in [1.54, 1.807) is 48.6 Å². The van der Waals surface area contributed by atoms with Crippen molar-refractivity contribution in [1.82, 2.24) is 5.32 Å². The molecule has 0 atom stereocenters. The van der Waals surface area contributed by atoms with Gasteiger partial charge in [0.05, 0.1) is 12.8 Å². The van der Waals surface area contributed by atoms with E-state index in [1.807, 2.05) is 0 Å². The molecule has 1 heterocycles. The zero-order valence-corrected chi connectivity index (χ0v) is 17.2. The van der Waals surface area contributed by atoms with Gasteiger partial charge in [-0.15, -0.1) is 0 Å². The Kier molecular flexibility index (Phi) is 6.06. The molecule has 6 nitrogen and oxygen atoms in total. The van der Waals surface area contributed by atoms with Gasteiger partial charge in [0, 0.05) is 9.50 Å². The van der Waals surface area contributed by atoms with E-state index in [9.17, 15) is 9.59 Å². The highest BCUT2D eigenvalue weighted by molar-refractivity contribution is 9.10. The summed E-state index contributed by atoms with van der Waals surface area (Å²) in [6, 6.07) is 9.40. The van der Waals surface area contributed by atoms with E-state index in [4.69, 9.17) is 21.1 Å². The highest BCUT2D eigenvalue weighted by atomic mass is 79.9. The fraction of sp³-hybridized carbons (Fsp3) is 0.100. The van der Waals surface area contributed by atoms with Crippen LogP contribution in [0.2, 0.25) is 5.02 Å². The Morgan fingerprint density at radius 1 is 1.25 bits per heavy atom. The lowest BCUT2D eigenvalue weighted by atomic mass is 10.1. The molecule has 0 saturated carbocycles. The average Bonchev–Trinajstić information content (AvgIpc) is 2.95. The molecule has 144 valence electrons. The number of rotatable bonds is 6. The lowest BCUT2D eigenvalue weighted by Crippen LogP contribution is -2.30. The van der Waals surface area contributed by atoms with Crippen molar-refractivity contribution >= 4 is 51.2 Å². The van der Waals surface area contributed by atoms with Crippen molar-refractivity contribution in [3.05, 3.63) is 69.8 Å². The molecule has 0 aromatic heterocycles. The van der Waals surface area contributed by atoms with Gasteiger partial charge in [0.2, 0.25) is 0 Å². The van der Waals surface area contributed by atoms with E-state index in [0.29, 0.717) is 38.9 Å². The third kappa shape index (κ3) is 4.05. The van der Waals surface area contributed by atoms with Gasteiger partial charge in [-0.05, 0) is 42.0 Å². The summed E-state index contributed by atoms with van der Waals surface area (Å²) in [6.07, 6.45) is 3.19. The first-order chi connectivity index (χ1) is 13.4. The van der Waals surface area contributed by atoms with Crippen molar-refractivity contribution < 1.29 is 19.1 Å². The summed E-state index contributed by atoms with van der Waals surface area (Å²) in [6.45, 7) is 3.94. The molecule has 2 aromatic rings. The van der Waals surface area contributed by atoms with E-state index in [1.165, 1.54) is 7.11 Å². The number of nitrogens with one attached hydrogen (secondary N) is 1. The van der Waals surface area contributed by atoms with E-state index >= 15 is 0 Å². The number of hydrogen-bond donors (Lipinski definition) is 1. The highest BCUT2D eigenvalue weighted by Gasteiger charge is 2.35. The molecule has 1 aliphatic rings. The number of carbonyl (C=O) groups is 2. The van der Waals surface area contributed by atoms with Crippen molar-refractivity contribution in [2.75, 3.05) is 18.6 Å². The molecular weight excluding hydrogens is 448 g/mol. The first-order valence-corrected chi connectivity index (χ1v) is 9.35. The van der Waals surface area contributed by atoms with Crippen molar-refractivity contribution in [3.8, 4) is 11.5 Å². The van der Waals surface area contributed by atoms with Crippen LogP contribution >= 0.6 is 27.5 Å². The number of imide groups is 1. The van der Waals surface area contributed by atoms with Gasteiger partial charge in [-0.3, -0.25) is 4.79 Å². The van der Waals surface area contributed by atoms with Crippen molar-refractivity contribution in [2.45, 2.75) is 0 Å². The number of methoxy groups -OCH3 is 1. The number of anilines is 1. The molecule has 0 spiro atoms. The van der Waals surface area contributed by atoms with E-state index < -0.39 is 11.9 Å². The minimum atomic E-state index is -0.549. The molecule has 1 aliphatic heterocycles. The van der Waals surface area contributed by atoms with Crippen LogP contribution in [0.25, 0.3) is 6.08 Å². The summed E-state index contributed by atoms with van der Waals surface area (Å²) in [5.74, 6) is 0.532. The van der Waals surface area contributed by atoms with Crippen LogP contribution in [0.5, 0.6) is 11.5 Å². The molecule has 0 aliphatic carbocycles. The fourth-order valence-corrected chi connectivity index (χ4v) is 3.24. The summed E-state index contributed by atoms with van der Waals surface area (Å²) >= 11 is 9.42. The second-order valence-electron chi connectivity index (χ2n) is 5.73. The number of ether oxygens (including phenoxy) is 2. The Morgan fingerprint density at radius 3 is 2.71 bits per heavy atom. The van der Waals surface area contributed by atoms with Crippen molar-refractivity contribution in [2.24, 2.45) is 0 Å². The second kappa shape index (κ2) is 8.50. The third-order valence-electron chi connectivity index (χ3n) is 3.88. The minimum Gasteiger partial charge on any atom is -0.493 e. The fourth-order valence-electron chi connectivity index (χ4n) is 2.62. The zero-order chi connectivity index (χ0) is 20.3. The maximum Gasteiger partial charge on any atom is 0.333 e. The van der Waals surface area contributed by atoms with Crippen LogP contribution < -0.4 is 19.7 Å².